The number of rotatable bonds is 3. The maximum atomic E-state index is 12.9. The van der Waals surface area contributed by atoms with Crippen molar-refractivity contribution in [3.63, 3.8) is 0 Å². The zero-order chi connectivity index (χ0) is 21.0. The standard InChI is InChI=1S/C22H31N3O4/c1-22(2,3)29-21(28)25-13-8-17(9-14-25)20(27)24-11-6-16(7-12-24)19(26)18-5-4-10-23-15-18/h4-5,10,15-17H,6-9,11-14H2,1-3H3. The molecule has 0 aliphatic carbocycles. The molecule has 1 aromatic heterocycles. The molecule has 158 valence electrons. The van der Waals surface area contributed by atoms with E-state index in [0.717, 1.165) is 0 Å². The Labute approximate surface area is 172 Å². The highest BCUT2D eigenvalue weighted by molar-refractivity contribution is 5.97. The second kappa shape index (κ2) is 8.93. The number of amides is 2. The predicted molar refractivity (Wildman–Crippen MR) is 108 cm³/mol. The molecule has 1 aromatic rings. The van der Waals surface area contributed by atoms with E-state index in [1.807, 2.05) is 25.7 Å². The number of ketones is 1. The highest BCUT2D eigenvalue weighted by Crippen LogP contribution is 2.26. The molecule has 3 heterocycles. The Morgan fingerprint density at radius 1 is 0.966 bits per heavy atom. The Bertz CT molecular complexity index is 728. The van der Waals surface area contributed by atoms with Crippen LogP contribution in [-0.2, 0) is 9.53 Å². The average Bonchev–Trinajstić information content (AvgIpc) is 2.72. The molecule has 2 saturated heterocycles. The highest BCUT2D eigenvalue weighted by atomic mass is 16.6. The van der Waals surface area contributed by atoms with Crippen LogP contribution in [0.25, 0.3) is 0 Å². The predicted octanol–water partition coefficient (Wildman–Crippen LogP) is 3.15. The lowest BCUT2D eigenvalue weighted by atomic mass is 9.88. The smallest absolute Gasteiger partial charge is 0.410 e. The molecule has 0 saturated carbocycles. The molecule has 0 bridgehead atoms. The molecule has 0 aromatic carbocycles. The summed E-state index contributed by atoms with van der Waals surface area (Å²) in [6.07, 6.45) is 5.66. The molecule has 0 unspecified atom stereocenters. The number of Topliss-reactive ketones (excluding diaryl/α,β-unsaturated/α-hetero) is 1. The van der Waals surface area contributed by atoms with Gasteiger partial charge in [-0.3, -0.25) is 14.6 Å². The number of carbonyl (C=O) groups excluding carboxylic acids is 3. The molecule has 0 radical (unpaired) electrons. The first-order chi connectivity index (χ1) is 13.7. The normalized spacial score (nSPS) is 19.1. The van der Waals surface area contributed by atoms with Gasteiger partial charge in [0.2, 0.25) is 5.91 Å². The number of carbonyl (C=O) groups is 3. The first-order valence-corrected chi connectivity index (χ1v) is 10.5. The Morgan fingerprint density at radius 3 is 2.10 bits per heavy atom. The Hall–Kier alpha value is -2.44. The van der Waals surface area contributed by atoms with Gasteiger partial charge in [-0.2, -0.15) is 0 Å². The number of ether oxygens (including phenoxy) is 1. The third kappa shape index (κ3) is 5.55. The Balaban J connectivity index is 1.46. The van der Waals surface area contributed by atoms with E-state index < -0.39 is 5.60 Å². The molecular formula is C22H31N3O4. The lowest BCUT2D eigenvalue weighted by Crippen LogP contribution is -2.47. The largest absolute Gasteiger partial charge is 0.444 e. The molecular weight excluding hydrogens is 370 g/mol. The SMILES string of the molecule is CC(C)(C)OC(=O)N1CCC(C(=O)N2CCC(C(=O)c3cccnc3)CC2)CC1. The van der Waals surface area contributed by atoms with E-state index in [1.54, 1.807) is 29.4 Å². The van der Waals surface area contributed by atoms with Crippen molar-refractivity contribution in [3.8, 4) is 0 Å². The number of likely N-dealkylation sites (tertiary alicyclic amines) is 2. The van der Waals surface area contributed by atoms with Crippen LogP contribution in [0.15, 0.2) is 24.5 Å². The van der Waals surface area contributed by atoms with E-state index in [4.69, 9.17) is 4.74 Å². The minimum absolute atomic E-state index is 0.0442. The monoisotopic (exact) mass is 401 g/mol. The zero-order valence-electron chi connectivity index (χ0n) is 17.6. The third-order valence-corrected chi connectivity index (χ3v) is 5.62. The van der Waals surface area contributed by atoms with Crippen molar-refractivity contribution < 1.29 is 19.1 Å². The van der Waals surface area contributed by atoms with Crippen LogP contribution in [0, 0.1) is 11.8 Å². The Kier molecular flexibility index (Phi) is 6.55. The van der Waals surface area contributed by atoms with Gasteiger partial charge in [-0.25, -0.2) is 4.79 Å². The van der Waals surface area contributed by atoms with Gasteiger partial charge in [0.15, 0.2) is 5.78 Å². The van der Waals surface area contributed by atoms with Gasteiger partial charge in [-0.1, -0.05) is 0 Å². The molecule has 29 heavy (non-hydrogen) atoms. The first kappa shape index (κ1) is 21.3. The summed E-state index contributed by atoms with van der Waals surface area (Å²) in [5.41, 5.74) is 0.133. The second-order valence-electron chi connectivity index (χ2n) is 8.95. The van der Waals surface area contributed by atoms with Crippen LogP contribution in [-0.4, -0.2) is 64.3 Å². The number of nitrogens with zero attached hydrogens (tertiary/aromatic N) is 3. The number of pyridine rings is 1. The average molecular weight is 402 g/mol. The maximum absolute atomic E-state index is 12.9. The molecule has 2 fully saturated rings. The van der Waals surface area contributed by atoms with Gasteiger partial charge in [0.1, 0.15) is 5.60 Å². The minimum Gasteiger partial charge on any atom is -0.444 e. The van der Waals surface area contributed by atoms with Crippen molar-refractivity contribution in [1.82, 2.24) is 14.8 Å². The fraction of sp³-hybridized carbons (Fsp3) is 0.636. The van der Waals surface area contributed by atoms with Crippen molar-refractivity contribution in [2.75, 3.05) is 26.2 Å². The van der Waals surface area contributed by atoms with Crippen LogP contribution < -0.4 is 0 Å². The number of hydrogen-bond acceptors (Lipinski definition) is 5. The van der Waals surface area contributed by atoms with Gasteiger partial charge >= 0.3 is 6.09 Å². The number of aromatic nitrogens is 1. The van der Waals surface area contributed by atoms with E-state index >= 15 is 0 Å². The van der Waals surface area contributed by atoms with Crippen molar-refractivity contribution >= 4 is 17.8 Å². The lowest BCUT2D eigenvalue weighted by molar-refractivity contribution is -0.138. The molecule has 2 aliphatic heterocycles. The third-order valence-electron chi connectivity index (χ3n) is 5.62. The van der Waals surface area contributed by atoms with Gasteiger partial charge in [0.25, 0.3) is 0 Å². The first-order valence-electron chi connectivity index (χ1n) is 10.5. The minimum atomic E-state index is -0.513. The highest BCUT2D eigenvalue weighted by Gasteiger charge is 2.34. The summed E-state index contributed by atoms with van der Waals surface area (Å²) in [5.74, 6) is 0.175. The molecule has 7 nitrogen and oxygen atoms in total. The van der Waals surface area contributed by atoms with Gasteiger partial charge in [-0.05, 0) is 58.6 Å². The van der Waals surface area contributed by atoms with E-state index in [-0.39, 0.29) is 29.6 Å². The fourth-order valence-electron chi connectivity index (χ4n) is 4.00. The van der Waals surface area contributed by atoms with Gasteiger partial charge in [-0.15, -0.1) is 0 Å². The van der Waals surface area contributed by atoms with Crippen molar-refractivity contribution in [2.45, 2.75) is 52.1 Å². The van der Waals surface area contributed by atoms with Crippen LogP contribution in [0.2, 0.25) is 0 Å². The van der Waals surface area contributed by atoms with E-state index in [0.29, 0.717) is 57.4 Å². The van der Waals surface area contributed by atoms with Crippen molar-refractivity contribution in [1.29, 1.82) is 0 Å². The molecule has 0 atom stereocenters. The topological polar surface area (TPSA) is 79.8 Å². The quantitative estimate of drug-likeness (QED) is 0.727. The van der Waals surface area contributed by atoms with E-state index in [2.05, 4.69) is 4.98 Å². The molecule has 2 aliphatic rings. The summed E-state index contributed by atoms with van der Waals surface area (Å²) < 4.78 is 5.42. The van der Waals surface area contributed by atoms with Crippen LogP contribution in [0.4, 0.5) is 4.79 Å². The number of piperidine rings is 2. The summed E-state index contributed by atoms with van der Waals surface area (Å²) in [7, 11) is 0. The van der Waals surface area contributed by atoms with E-state index in [9.17, 15) is 14.4 Å². The summed E-state index contributed by atoms with van der Waals surface area (Å²) >= 11 is 0. The molecule has 7 heteroatoms. The van der Waals surface area contributed by atoms with Crippen LogP contribution in [0.1, 0.15) is 56.8 Å². The van der Waals surface area contributed by atoms with Crippen LogP contribution >= 0.6 is 0 Å². The maximum Gasteiger partial charge on any atom is 0.410 e. The molecule has 3 rings (SSSR count). The second-order valence-corrected chi connectivity index (χ2v) is 8.95. The van der Waals surface area contributed by atoms with Gasteiger partial charge in [0, 0.05) is 56.0 Å². The lowest BCUT2D eigenvalue weighted by Gasteiger charge is -2.37. The summed E-state index contributed by atoms with van der Waals surface area (Å²) in [6, 6.07) is 3.57. The number of hydrogen-bond donors (Lipinski definition) is 0. The van der Waals surface area contributed by atoms with Crippen molar-refractivity contribution in [2.24, 2.45) is 11.8 Å². The van der Waals surface area contributed by atoms with Crippen molar-refractivity contribution in [3.05, 3.63) is 30.1 Å². The zero-order valence-corrected chi connectivity index (χ0v) is 17.6. The molecule has 2 amide bonds. The van der Waals surface area contributed by atoms with E-state index in [1.165, 1.54) is 0 Å². The molecule has 0 N–H and O–H groups in total. The van der Waals surface area contributed by atoms with Gasteiger partial charge < -0.3 is 14.5 Å². The summed E-state index contributed by atoms with van der Waals surface area (Å²) in [6.45, 7) is 7.86. The fourth-order valence-corrected chi connectivity index (χ4v) is 4.00. The Morgan fingerprint density at radius 2 is 1.55 bits per heavy atom. The van der Waals surface area contributed by atoms with Crippen LogP contribution in [0.3, 0.4) is 0 Å². The van der Waals surface area contributed by atoms with Crippen LogP contribution in [0.5, 0.6) is 0 Å². The molecule has 0 spiro atoms. The summed E-state index contributed by atoms with van der Waals surface area (Å²) in [4.78, 5) is 45.3. The summed E-state index contributed by atoms with van der Waals surface area (Å²) in [5, 5.41) is 0. The van der Waals surface area contributed by atoms with Gasteiger partial charge in [0.05, 0.1) is 0 Å².